The number of benzene rings is 2. The fourth-order valence-corrected chi connectivity index (χ4v) is 2.51. The van der Waals surface area contributed by atoms with Crippen LogP contribution in [-0.2, 0) is 6.42 Å². The highest BCUT2D eigenvalue weighted by Gasteiger charge is 2.27. The van der Waals surface area contributed by atoms with Crippen LogP contribution in [-0.4, -0.2) is 18.0 Å². The second-order valence-corrected chi connectivity index (χ2v) is 4.72. The summed E-state index contributed by atoms with van der Waals surface area (Å²) < 4.78 is 5.29. The quantitative estimate of drug-likeness (QED) is 0.849. The Labute approximate surface area is 117 Å². The van der Waals surface area contributed by atoms with Crippen LogP contribution >= 0.6 is 0 Å². The van der Waals surface area contributed by atoms with Gasteiger partial charge in [0.2, 0.25) is 0 Å². The van der Waals surface area contributed by atoms with Gasteiger partial charge in [0.15, 0.2) is 5.78 Å². The molecule has 0 saturated heterocycles. The number of fused-ring (bicyclic) bond motifs is 1. The van der Waals surface area contributed by atoms with Gasteiger partial charge >= 0.3 is 0 Å². The molecule has 0 spiro atoms. The van der Waals surface area contributed by atoms with E-state index in [1.165, 1.54) is 0 Å². The van der Waals surface area contributed by atoms with E-state index in [-0.39, 0.29) is 11.5 Å². The van der Waals surface area contributed by atoms with Gasteiger partial charge in [-0.3, -0.25) is 4.79 Å². The molecule has 0 atom stereocenters. The molecule has 0 fully saturated rings. The first-order valence-electron chi connectivity index (χ1n) is 6.40. The summed E-state index contributed by atoms with van der Waals surface area (Å²) in [6.07, 6.45) is 2.29. The topological polar surface area (TPSA) is 46.5 Å². The maximum atomic E-state index is 12.3. The predicted molar refractivity (Wildman–Crippen MR) is 77.1 cm³/mol. The first kappa shape index (κ1) is 12.5. The molecule has 0 heterocycles. The lowest BCUT2D eigenvalue weighted by Gasteiger charge is -2.04. The molecule has 0 saturated carbocycles. The van der Waals surface area contributed by atoms with Crippen molar-refractivity contribution in [1.82, 2.24) is 0 Å². The van der Waals surface area contributed by atoms with Crippen molar-refractivity contribution in [3.8, 4) is 11.5 Å². The number of phenolic OH excluding ortho intramolecular Hbond substituents is 1. The molecule has 3 nitrogen and oxygen atoms in total. The Morgan fingerprint density at radius 1 is 1.15 bits per heavy atom. The summed E-state index contributed by atoms with van der Waals surface area (Å²) in [6.45, 7) is 0. The number of hydrogen-bond donors (Lipinski definition) is 1. The van der Waals surface area contributed by atoms with Crippen molar-refractivity contribution in [3.63, 3.8) is 0 Å². The number of hydrogen-bond acceptors (Lipinski definition) is 3. The van der Waals surface area contributed by atoms with E-state index in [1.54, 1.807) is 25.3 Å². The van der Waals surface area contributed by atoms with Crippen LogP contribution in [0.2, 0.25) is 0 Å². The molecule has 0 radical (unpaired) electrons. The maximum Gasteiger partial charge on any atom is 0.189 e. The van der Waals surface area contributed by atoms with E-state index in [4.69, 9.17) is 4.74 Å². The van der Waals surface area contributed by atoms with Crippen LogP contribution in [0.3, 0.4) is 0 Å². The summed E-state index contributed by atoms with van der Waals surface area (Å²) in [4.78, 5) is 12.3. The van der Waals surface area contributed by atoms with Crippen molar-refractivity contribution < 1.29 is 14.6 Å². The monoisotopic (exact) mass is 266 g/mol. The summed E-state index contributed by atoms with van der Waals surface area (Å²) in [5.74, 6) is 0.883. The molecule has 20 heavy (non-hydrogen) atoms. The van der Waals surface area contributed by atoms with E-state index in [0.717, 1.165) is 11.3 Å². The van der Waals surface area contributed by atoms with Crippen LogP contribution in [0.5, 0.6) is 11.5 Å². The van der Waals surface area contributed by atoms with Crippen molar-refractivity contribution in [2.24, 2.45) is 0 Å². The van der Waals surface area contributed by atoms with Crippen LogP contribution < -0.4 is 4.74 Å². The number of Topliss-reactive ketones (excluding diaryl/α,β-unsaturated/α-hetero) is 1. The van der Waals surface area contributed by atoms with Crippen LogP contribution in [0, 0.1) is 0 Å². The number of carbonyl (C=O) groups is 1. The molecule has 1 N–H and O–H groups in total. The molecular weight excluding hydrogens is 252 g/mol. The highest BCUT2D eigenvalue weighted by atomic mass is 16.5. The molecule has 0 unspecified atom stereocenters. The van der Waals surface area contributed by atoms with E-state index >= 15 is 0 Å². The minimum absolute atomic E-state index is 0.0261. The van der Waals surface area contributed by atoms with Crippen molar-refractivity contribution in [2.75, 3.05) is 7.11 Å². The van der Waals surface area contributed by atoms with Gasteiger partial charge in [0.05, 0.1) is 7.11 Å². The second kappa shape index (κ2) is 4.85. The van der Waals surface area contributed by atoms with E-state index in [2.05, 4.69) is 0 Å². The smallest absolute Gasteiger partial charge is 0.189 e. The summed E-state index contributed by atoms with van der Waals surface area (Å²) in [5, 5.41) is 9.83. The second-order valence-electron chi connectivity index (χ2n) is 4.72. The highest BCUT2D eigenvalue weighted by Crippen LogP contribution is 2.34. The number of aromatic hydroxyl groups is 1. The summed E-state index contributed by atoms with van der Waals surface area (Å²) >= 11 is 0. The van der Waals surface area contributed by atoms with Gasteiger partial charge in [-0.2, -0.15) is 0 Å². The zero-order valence-corrected chi connectivity index (χ0v) is 11.1. The Morgan fingerprint density at radius 2 is 1.95 bits per heavy atom. The SMILES string of the molecule is COc1ccccc1/C=C1/Cc2c(O)cccc2C1=O. The van der Waals surface area contributed by atoms with Gasteiger partial charge < -0.3 is 9.84 Å². The van der Waals surface area contributed by atoms with Crippen LogP contribution in [0.4, 0.5) is 0 Å². The number of methoxy groups -OCH3 is 1. The Kier molecular flexibility index (Phi) is 3.03. The zero-order valence-electron chi connectivity index (χ0n) is 11.1. The number of para-hydroxylation sites is 1. The lowest BCUT2D eigenvalue weighted by atomic mass is 10.1. The van der Waals surface area contributed by atoms with Gasteiger partial charge in [-0.15, -0.1) is 0 Å². The first-order chi connectivity index (χ1) is 9.70. The number of ketones is 1. The van der Waals surface area contributed by atoms with Crippen LogP contribution in [0.25, 0.3) is 6.08 Å². The molecule has 3 rings (SSSR count). The number of rotatable bonds is 2. The molecule has 0 aliphatic heterocycles. The molecular formula is C17H14O3. The normalized spacial score (nSPS) is 15.4. The van der Waals surface area contributed by atoms with E-state index < -0.39 is 0 Å². The minimum Gasteiger partial charge on any atom is -0.508 e. The fraction of sp³-hybridized carbons (Fsp3) is 0.118. The molecule has 100 valence electrons. The lowest BCUT2D eigenvalue weighted by molar-refractivity contribution is 0.104. The number of allylic oxidation sites excluding steroid dienone is 1. The van der Waals surface area contributed by atoms with Crippen molar-refractivity contribution in [2.45, 2.75) is 6.42 Å². The third kappa shape index (κ3) is 1.97. The molecule has 0 bridgehead atoms. The molecule has 1 aliphatic carbocycles. The number of ether oxygens (including phenoxy) is 1. The van der Waals surface area contributed by atoms with Crippen LogP contribution in [0.1, 0.15) is 21.5 Å². The largest absolute Gasteiger partial charge is 0.508 e. The van der Waals surface area contributed by atoms with E-state index in [9.17, 15) is 9.90 Å². The van der Waals surface area contributed by atoms with Gasteiger partial charge in [-0.25, -0.2) is 0 Å². The van der Waals surface area contributed by atoms with Gasteiger partial charge in [-0.1, -0.05) is 30.3 Å². The molecule has 2 aromatic rings. The molecule has 1 aliphatic rings. The van der Waals surface area contributed by atoms with Crippen molar-refractivity contribution in [1.29, 1.82) is 0 Å². The molecule has 0 aromatic heterocycles. The van der Waals surface area contributed by atoms with Crippen molar-refractivity contribution >= 4 is 11.9 Å². The third-order valence-corrected chi connectivity index (χ3v) is 3.52. The highest BCUT2D eigenvalue weighted by molar-refractivity contribution is 6.16. The Bertz CT molecular complexity index is 714. The van der Waals surface area contributed by atoms with Gasteiger partial charge in [0.1, 0.15) is 11.5 Å². The molecule has 3 heteroatoms. The number of carbonyl (C=O) groups excluding carboxylic acids is 1. The van der Waals surface area contributed by atoms with Crippen LogP contribution in [0.15, 0.2) is 48.0 Å². The first-order valence-corrected chi connectivity index (χ1v) is 6.40. The molecule has 0 amide bonds. The Balaban J connectivity index is 2.04. The minimum atomic E-state index is -0.0261. The van der Waals surface area contributed by atoms with E-state index in [1.807, 2.05) is 30.3 Å². The number of phenols is 1. The average Bonchev–Trinajstić information content (AvgIpc) is 2.78. The Hall–Kier alpha value is -2.55. The summed E-state index contributed by atoms with van der Waals surface area (Å²) in [6, 6.07) is 12.6. The zero-order chi connectivity index (χ0) is 14.1. The van der Waals surface area contributed by atoms with Gasteiger partial charge in [-0.05, 0) is 18.2 Å². The van der Waals surface area contributed by atoms with E-state index in [0.29, 0.717) is 23.1 Å². The van der Waals surface area contributed by atoms with Crippen molar-refractivity contribution in [3.05, 3.63) is 64.7 Å². The Morgan fingerprint density at radius 3 is 2.70 bits per heavy atom. The standard InChI is InChI=1S/C17H14O3/c1-20-16-8-3-2-5-11(16)9-12-10-14-13(17(12)19)6-4-7-15(14)18/h2-9,18H,10H2,1H3/b12-9-. The fourth-order valence-electron chi connectivity index (χ4n) is 2.51. The van der Waals surface area contributed by atoms with Gasteiger partial charge in [0.25, 0.3) is 0 Å². The summed E-state index contributed by atoms with van der Waals surface area (Å²) in [5.41, 5.74) is 2.83. The predicted octanol–water partition coefficient (Wildman–Crippen LogP) is 3.22. The molecule has 2 aromatic carbocycles. The average molecular weight is 266 g/mol. The summed E-state index contributed by atoms with van der Waals surface area (Å²) in [7, 11) is 1.61. The third-order valence-electron chi connectivity index (χ3n) is 3.52. The maximum absolute atomic E-state index is 12.3. The lowest BCUT2D eigenvalue weighted by Crippen LogP contribution is -1.95. The van der Waals surface area contributed by atoms with Gasteiger partial charge in [0, 0.05) is 28.7 Å².